The van der Waals surface area contributed by atoms with E-state index in [1.165, 1.54) is 11.1 Å². The number of hydrogen-bond acceptors (Lipinski definition) is 2. The van der Waals surface area contributed by atoms with Gasteiger partial charge >= 0.3 is 6.03 Å². The fourth-order valence-electron chi connectivity index (χ4n) is 3.89. The lowest BCUT2D eigenvalue weighted by Gasteiger charge is -2.34. The number of halogens is 1. The molecule has 3 aromatic rings. The molecule has 164 valence electrons. The maximum absolute atomic E-state index is 12.7. The van der Waals surface area contributed by atoms with E-state index in [4.69, 9.17) is 11.6 Å². The van der Waals surface area contributed by atoms with E-state index >= 15 is 0 Å². The number of aryl methyl sites for hydroxylation is 1. The molecule has 6 heteroatoms. The van der Waals surface area contributed by atoms with E-state index < -0.39 is 0 Å². The van der Waals surface area contributed by atoms with Gasteiger partial charge in [-0.15, -0.1) is 0 Å². The number of urea groups is 1. The van der Waals surface area contributed by atoms with E-state index in [1.807, 2.05) is 12.1 Å². The van der Waals surface area contributed by atoms with Gasteiger partial charge < -0.3 is 15.1 Å². The number of carbonyl (C=O) groups excluding carboxylic acids is 2. The average molecular weight is 448 g/mol. The Morgan fingerprint density at radius 1 is 0.844 bits per heavy atom. The minimum absolute atomic E-state index is 0.0551. The van der Waals surface area contributed by atoms with E-state index in [0.717, 1.165) is 11.1 Å². The van der Waals surface area contributed by atoms with E-state index in [9.17, 15) is 9.59 Å². The second-order valence-corrected chi connectivity index (χ2v) is 8.45. The highest BCUT2D eigenvalue weighted by Crippen LogP contribution is 2.21. The first kappa shape index (κ1) is 21.9. The van der Waals surface area contributed by atoms with E-state index in [1.54, 1.807) is 34.1 Å². The Kier molecular flexibility index (Phi) is 6.76. The average Bonchev–Trinajstić information content (AvgIpc) is 2.82. The second kappa shape index (κ2) is 9.88. The first-order valence-electron chi connectivity index (χ1n) is 10.7. The van der Waals surface area contributed by atoms with Gasteiger partial charge in [0.1, 0.15) is 0 Å². The smallest absolute Gasteiger partial charge is 0.317 e. The molecule has 1 heterocycles. The molecule has 1 aliphatic heterocycles. The van der Waals surface area contributed by atoms with E-state index in [0.29, 0.717) is 43.3 Å². The van der Waals surface area contributed by atoms with Crippen LogP contribution in [0.2, 0.25) is 5.02 Å². The lowest BCUT2D eigenvalue weighted by molar-refractivity contribution is 0.0665. The summed E-state index contributed by atoms with van der Waals surface area (Å²) < 4.78 is 0. The monoisotopic (exact) mass is 447 g/mol. The fraction of sp³-hybridized carbons (Fsp3) is 0.231. The molecule has 0 saturated carbocycles. The fourth-order valence-corrected chi connectivity index (χ4v) is 4.08. The largest absolute Gasteiger partial charge is 0.335 e. The number of hydrogen-bond donors (Lipinski definition) is 1. The Hall–Kier alpha value is -3.31. The van der Waals surface area contributed by atoms with Gasteiger partial charge in [-0.3, -0.25) is 4.79 Å². The highest BCUT2D eigenvalue weighted by atomic mass is 35.5. The lowest BCUT2D eigenvalue weighted by atomic mass is 10.0. The number of piperazine rings is 1. The molecule has 3 amide bonds. The van der Waals surface area contributed by atoms with Gasteiger partial charge in [0.15, 0.2) is 0 Å². The summed E-state index contributed by atoms with van der Waals surface area (Å²) in [4.78, 5) is 28.8. The molecule has 32 heavy (non-hydrogen) atoms. The zero-order valence-corrected chi connectivity index (χ0v) is 18.8. The number of nitrogens with one attached hydrogen (secondary N) is 1. The van der Waals surface area contributed by atoms with Gasteiger partial charge in [0.2, 0.25) is 0 Å². The zero-order valence-electron chi connectivity index (χ0n) is 18.1. The van der Waals surface area contributed by atoms with Gasteiger partial charge in [-0.2, -0.15) is 0 Å². The second-order valence-electron chi connectivity index (χ2n) is 8.02. The predicted octanol–water partition coefficient (Wildman–Crippen LogP) is 4.98. The standard InChI is InChI=1S/C26H26ClN3O2/c1-19-5-2-7-21(15-19)22-8-3-6-20(16-22)18-28-26(32)30-13-11-29(12-14-30)25(31)23-9-4-10-24(27)17-23/h2-10,15-17H,11-14,18H2,1H3,(H,28,32). The van der Waals surface area contributed by atoms with E-state index in [2.05, 4.69) is 48.6 Å². The molecule has 4 rings (SSSR count). The van der Waals surface area contributed by atoms with Gasteiger partial charge in [0.05, 0.1) is 0 Å². The Morgan fingerprint density at radius 3 is 2.22 bits per heavy atom. The van der Waals surface area contributed by atoms with E-state index in [-0.39, 0.29) is 11.9 Å². The molecular formula is C26H26ClN3O2. The summed E-state index contributed by atoms with van der Waals surface area (Å²) in [7, 11) is 0. The van der Waals surface area contributed by atoms with Crippen molar-refractivity contribution in [1.29, 1.82) is 0 Å². The number of carbonyl (C=O) groups is 2. The zero-order chi connectivity index (χ0) is 22.5. The van der Waals surface area contributed by atoms with Crippen molar-refractivity contribution in [3.8, 4) is 11.1 Å². The van der Waals surface area contributed by atoms with Crippen LogP contribution in [0.5, 0.6) is 0 Å². The number of nitrogens with zero attached hydrogens (tertiary/aromatic N) is 2. The maximum atomic E-state index is 12.7. The van der Waals surface area contributed by atoms with Gasteiger partial charge in [0.25, 0.3) is 5.91 Å². The lowest BCUT2D eigenvalue weighted by Crippen LogP contribution is -2.53. The molecule has 0 aliphatic carbocycles. The molecule has 0 bridgehead atoms. The molecule has 1 aliphatic rings. The van der Waals surface area contributed by atoms with Crippen LogP contribution in [0.1, 0.15) is 21.5 Å². The molecule has 3 aromatic carbocycles. The van der Waals surface area contributed by atoms with Crippen molar-refractivity contribution in [2.75, 3.05) is 26.2 Å². The Balaban J connectivity index is 1.30. The summed E-state index contributed by atoms with van der Waals surface area (Å²) >= 11 is 6.00. The molecule has 0 aromatic heterocycles. The SMILES string of the molecule is Cc1cccc(-c2cccc(CNC(=O)N3CCN(C(=O)c4cccc(Cl)c4)CC3)c2)c1. The summed E-state index contributed by atoms with van der Waals surface area (Å²) in [6.07, 6.45) is 0. The van der Waals surface area contributed by atoms with Crippen molar-refractivity contribution >= 4 is 23.5 Å². The van der Waals surface area contributed by atoms with Crippen LogP contribution in [0.4, 0.5) is 4.79 Å². The normalized spacial score (nSPS) is 13.7. The third kappa shape index (κ3) is 5.29. The molecule has 1 N–H and O–H groups in total. The van der Waals surface area contributed by atoms with Gasteiger partial charge in [-0.1, -0.05) is 65.7 Å². The molecule has 1 saturated heterocycles. The topological polar surface area (TPSA) is 52.7 Å². The minimum Gasteiger partial charge on any atom is -0.335 e. The summed E-state index contributed by atoms with van der Waals surface area (Å²) in [5.41, 5.74) is 5.14. The van der Waals surface area contributed by atoms with Crippen LogP contribution in [-0.4, -0.2) is 47.9 Å². The summed E-state index contributed by atoms with van der Waals surface area (Å²) in [6, 6.07) is 23.4. The van der Waals surface area contributed by atoms with Crippen LogP contribution in [-0.2, 0) is 6.54 Å². The third-order valence-electron chi connectivity index (χ3n) is 5.65. The van der Waals surface area contributed by atoms with Gasteiger partial charge in [0, 0.05) is 43.3 Å². The molecular weight excluding hydrogens is 422 g/mol. The third-order valence-corrected chi connectivity index (χ3v) is 5.88. The molecule has 0 unspecified atom stereocenters. The predicted molar refractivity (Wildman–Crippen MR) is 128 cm³/mol. The molecule has 0 spiro atoms. The number of amides is 3. The van der Waals surface area contributed by atoms with Crippen LogP contribution < -0.4 is 5.32 Å². The Labute approximate surface area is 193 Å². The van der Waals surface area contributed by atoms with Crippen molar-refractivity contribution in [1.82, 2.24) is 15.1 Å². The first-order chi connectivity index (χ1) is 15.5. The molecule has 1 fully saturated rings. The molecule has 5 nitrogen and oxygen atoms in total. The summed E-state index contributed by atoms with van der Waals surface area (Å²) in [5, 5.41) is 3.55. The summed E-state index contributed by atoms with van der Waals surface area (Å²) in [6.45, 7) is 4.54. The van der Waals surface area contributed by atoms with Crippen molar-refractivity contribution in [3.63, 3.8) is 0 Å². The molecule has 0 atom stereocenters. The van der Waals surface area contributed by atoms with Crippen LogP contribution >= 0.6 is 11.6 Å². The van der Waals surface area contributed by atoms with Gasteiger partial charge in [-0.05, 0) is 47.9 Å². The quantitative estimate of drug-likeness (QED) is 0.613. The Bertz CT molecular complexity index is 1120. The highest BCUT2D eigenvalue weighted by molar-refractivity contribution is 6.30. The highest BCUT2D eigenvalue weighted by Gasteiger charge is 2.24. The van der Waals surface area contributed by atoms with Crippen molar-refractivity contribution in [2.24, 2.45) is 0 Å². The maximum Gasteiger partial charge on any atom is 0.317 e. The summed E-state index contributed by atoms with van der Waals surface area (Å²) in [5.74, 6) is -0.0551. The van der Waals surface area contributed by atoms with Crippen molar-refractivity contribution in [3.05, 3.63) is 94.5 Å². The van der Waals surface area contributed by atoms with Crippen LogP contribution in [0.3, 0.4) is 0 Å². The number of benzene rings is 3. The minimum atomic E-state index is -0.110. The Morgan fingerprint density at radius 2 is 1.50 bits per heavy atom. The first-order valence-corrected chi connectivity index (χ1v) is 11.1. The van der Waals surface area contributed by atoms with Crippen molar-refractivity contribution in [2.45, 2.75) is 13.5 Å². The molecule has 0 radical (unpaired) electrons. The number of rotatable bonds is 4. The van der Waals surface area contributed by atoms with Gasteiger partial charge in [-0.25, -0.2) is 4.79 Å². The van der Waals surface area contributed by atoms with Crippen LogP contribution in [0.25, 0.3) is 11.1 Å². The van der Waals surface area contributed by atoms with Crippen LogP contribution in [0.15, 0.2) is 72.8 Å². The van der Waals surface area contributed by atoms with Crippen LogP contribution in [0, 0.1) is 6.92 Å². The van der Waals surface area contributed by atoms with Crippen molar-refractivity contribution < 1.29 is 9.59 Å².